The number of rotatable bonds is 0. The van der Waals surface area contributed by atoms with Crippen LogP contribution in [0.25, 0.3) is 35.7 Å². The Morgan fingerprint density at radius 3 is 2.69 bits per heavy atom. The summed E-state index contributed by atoms with van der Waals surface area (Å²) in [7, 11) is 0. The van der Waals surface area contributed by atoms with E-state index in [1.807, 2.05) is 18.5 Å². The van der Waals surface area contributed by atoms with E-state index in [1.165, 1.54) is 25.7 Å². The van der Waals surface area contributed by atoms with Gasteiger partial charge in [-0.3, -0.25) is 4.68 Å². The van der Waals surface area contributed by atoms with Crippen molar-refractivity contribution in [3.05, 3.63) is 53.1 Å². The molecule has 148 valence electrons. The van der Waals surface area contributed by atoms with Crippen LogP contribution in [0.3, 0.4) is 0 Å². The van der Waals surface area contributed by atoms with Crippen molar-refractivity contribution in [1.29, 1.82) is 0 Å². The normalized spacial score (nSPS) is 15.4. The van der Waals surface area contributed by atoms with Crippen molar-refractivity contribution >= 4 is 24.2 Å². The summed E-state index contributed by atoms with van der Waals surface area (Å²) in [6, 6.07) is 6.30. The average Bonchev–Trinajstić information content (AvgIpc) is 3.39. The van der Waals surface area contributed by atoms with E-state index in [0.717, 1.165) is 58.3 Å². The van der Waals surface area contributed by atoms with Crippen molar-refractivity contribution in [2.45, 2.75) is 51.7 Å². The Balaban J connectivity index is 1.69. The van der Waals surface area contributed by atoms with Gasteiger partial charge in [-0.15, -0.1) is 0 Å². The fourth-order valence-corrected chi connectivity index (χ4v) is 4.27. The van der Waals surface area contributed by atoms with E-state index in [9.17, 15) is 0 Å². The number of hydrogen-bond donors (Lipinski definition) is 0. The lowest BCUT2D eigenvalue weighted by atomic mass is 10.1. The van der Waals surface area contributed by atoms with E-state index >= 15 is 0 Å². The number of fused-ring (bicyclic) bond motifs is 7. The van der Waals surface area contributed by atoms with Gasteiger partial charge < -0.3 is 9.13 Å². The standard InChI is InChI=1S/C23H26N6/c1-17-18(2)29-16-19-14-25-27(15-19)11-6-4-3-5-7-12-28-21(23(29)26-17)13-20-9-8-10-24-22(20)28/h8-10,13-15H,1-7,11-12,16H2. The first kappa shape index (κ1) is 17.9. The monoisotopic (exact) mass is 386 g/mol. The first-order chi connectivity index (χ1) is 14.2. The molecule has 0 aromatic carbocycles. The lowest BCUT2D eigenvalue weighted by molar-refractivity contribution is 0.517. The van der Waals surface area contributed by atoms with Crippen LogP contribution >= 0.6 is 0 Å². The smallest absolute Gasteiger partial charge is 0.158 e. The van der Waals surface area contributed by atoms with E-state index in [0.29, 0.717) is 6.54 Å². The van der Waals surface area contributed by atoms with E-state index < -0.39 is 0 Å². The van der Waals surface area contributed by atoms with Crippen LogP contribution in [0.4, 0.5) is 0 Å². The molecule has 2 bridgehead atoms. The molecule has 0 atom stereocenters. The van der Waals surface area contributed by atoms with Crippen molar-refractivity contribution in [1.82, 2.24) is 28.9 Å². The largest absolute Gasteiger partial charge is 0.323 e. The number of aromatic nitrogens is 6. The van der Waals surface area contributed by atoms with Crippen LogP contribution in [0, 0.1) is 0 Å². The van der Waals surface area contributed by atoms with Gasteiger partial charge in [-0.1, -0.05) is 32.4 Å². The fourth-order valence-electron chi connectivity index (χ4n) is 4.27. The highest BCUT2D eigenvalue weighted by molar-refractivity contribution is 5.82. The summed E-state index contributed by atoms with van der Waals surface area (Å²) in [5.41, 5.74) is 3.26. The van der Waals surface area contributed by atoms with Gasteiger partial charge in [0.05, 0.1) is 29.1 Å². The number of hydrogen-bond acceptors (Lipinski definition) is 3. The van der Waals surface area contributed by atoms with Crippen molar-refractivity contribution in [2.24, 2.45) is 0 Å². The van der Waals surface area contributed by atoms with Crippen LogP contribution in [-0.4, -0.2) is 28.9 Å². The molecule has 1 aliphatic heterocycles. The summed E-state index contributed by atoms with van der Waals surface area (Å²) in [6.07, 6.45) is 12.0. The van der Waals surface area contributed by atoms with E-state index in [2.05, 4.69) is 55.4 Å². The van der Waals surface area contributed by atoms with Gasteiger partial charge >= 0.3 is 0 Å². The number of nitrogens with zero attached hydrogens (tertiary/aromatic N) is 6. The second kappa shape index (κ2) is 7.35. The molecular weight excluding hydrogens is 360 g/mol. The van der Waals surface area contributed by atoms with E-state index in [1.54, 1.807) is 0 Å². The van der Waals surface area contributed by atoms with Crippen LogP contribution in [0.2, 0.25) is 0 Å². The van der Waals surface area contributed by atoms with Crippen LogP contribution in [0.1, 0.15) is 37.7 Å². The minimum atomic E-state index is 0.686. The summed E-state index contributed by atoms with van der Waals surface area (Å²) in [6.45, 7) is 11.0. The molecule has 6 nitrogen and oxygen atoms in total. The van der Waals surface area contributed by atoms with Crippen LogP contribution in [0.15, 0.2) is 36.8 Å². The predicted molar refractivity (Wildman–Crippen MR) is 116 cm³/mol. The van der Waals surface area contributed by atoms with Gasteiger partial charge in [-0.25, -0.2) is 9.97 Å². The van der Waals surface area contributed by atoms with Gasteiger partial charge in [0.15, 0.2) is 5.82 Å². The van der Waals surface area contributed by atoms with Gasteiger partial charge in [0.25, 0.3) is 0 Å². The highest BCUT2D eigenvalue weighted by Crippen LogP contribution is 2.26. The van der Waals surface area contributed by atoms with Gasteiger partial charge in [0.1, 0.15) is 5.65 Å². The zero-order valence-corrected chi connectivity index (χ0v) is 16.7. The molecule has 1 aliphatic rings. The summed E-state index contributed by atoms with van der Waals surface area (Å²) in [4.78, 5) is 9.48. The van der Waals surface area contributed by atoms with Crippen molar-refractivity contribution in [3.8, 4) is 11.5 Å². The maximum absolute atomic E-state index is 4.81. The molecule has 0 radical (unpaired) electrons. The maximum atomic E-state index is 4.81. The highest BCUT2D eigenvalue weighted by atomic mass is 15.3. The van der Waals surface area contributed by atoms with Crippen molar-refractivity contribution < 1.29 is 0 Å². The Morgan fingerprint density at radius 2 is 1.79 bits per heavy atom. The van der Waals surface area contributed by atoms with Crippen LogP contribution in [0.5, 0.6) is 0 Å². The molecule has 5 heterocycles. The van der Waals surface area contributed by atoms with Crippen molar-refractivity contribution in [2.75, 3.05) is 0 Å². The third-order valence-corrected chi connectivity index (χ3v) is 5.84. The molecule has 29 heavy (non-hydrogen) atoms. The molecule has 4 aromatic heterocycles. The lowest BCUT2D eigenvalue weighted by Crippen LogP contribution is -2.27. The molecule has 0 aliphatic carbocycles. The average molecular weight is 387 g/mol. The predicted octanol–water partition coefficient (Wildman–Crippen LogP) is 2.93. The zero-order valence-electron chi connectivity index (χ0n) is 16.7. The second-order valence-electron chi connectivity index (χ2n) is 7.89. The van der Waals surface area contributed by atoms with Crippen LogP contribution < -0.4 is 10.7 Å². The zero-order chi connectivity index (χ0) is 19.8. The maximum Gasteiger partial charge on any atom is 0.158 e. The summed E-state index contributed by atoms with van der Waals surface area (Å²) >= 11 is 0. The molecule has 6 heteroatoms. The summed E-state index contributed by atoms with van der Waals surface area (Å²) in [5, 5.41) is 7.26. The Morgan fingerprint density at radius 1 is 0.966 bits per heavy atom. The van der Waals surface area contributed by atoms with Crippen LogP contribution in [-0.2, 0) is 19.6 Å². The van der Waals surface area contributed by atoms with Gasteiger partial charge in [0.2, 0.25) is 0 Å². The lowest BCUT2D eigenvalue weighted by Gasteiger charge is -2.12. The first-order valence-corrected chi connectivity index (χ1v) is 10.4. The topological polar surface area (TPSA) is 53.5 Å². The Labute approximate surface area is 169 Å². The quantitative estimate of drug-likeness (QED) is 0.467. The Hall–Kier alpha value is -3.15. The Bertz CT molecular complexity index is 1260. The van der Waals surface area contributed by atoms with Crippen molar-refractivity contribution in [3.63, 3.8) is 0 Å². The van der Waals surface area contributed by atoms with Gasteiger partial charge in [-0.2, -0.15) is 5.10 Å². The number of aryl methyl sites for hydroxylation is 2. The molecular formula is C23H26N6. The molecule has 0 fully saturated rings. The second-order valence-corrected chi connectivity index (χ2v) is 7.89. The molecule has 4 aromatic rings. The first-order valence-electron chi connectivity index (χ1n) is 10.4. The molecule has 0 amide bonds. The third kappa shape index (κ3) is 3.28. The summed E-state index contributed by atoms with van der Waals surface area (Å²) < 4.78 is 6.53. The van der Waals surface area contributed by atoms with Gasteiger partial charge in [0, 0.05) is 36.4 Å². The minimum absolute atomic E-state index is 0.686. The minimum Gasteiger partial charge on any atom is -0.323 e. The third-order valence-electron chi connectivity index (χ3n) is 5.84. The number of pyridine rings is 1. The molecule has 0 saturated heterocycles. The molecule has 0 N–H and O–H groups in total. The SMILES string of the molecule is C=c1nc2n(c1=C)Cc1cnn(c1)CCCCCCCn1c-2cc2cccnc21. The highest BCUT2D eigenvalue weighted by Gasteiger charge is 2.18. The molecule has 0 unspecified atom stereocenters. The van der Waals surface area contributed by atoms with E-state index in [4.69, 9.17) is 4.98 Å². The summed E-state index contributed by atoms with van der Waals surface area (Å²) in [5.74, 6) is 0.903. The fraction of sp³-hybridized carbons (Fsp3) is 0.348. The molecule has 5 rings (SSSR count). The number of imidazole rings is 1. The molecule has 0 spiro atoms. The van der Waals surface area contributed by atoms with Gasteiger partial charge in [-0.05, 0) is 31.0 Å². The molecule has 0 saturated carbocycles. The Kier molecular flexibility index (Phi) is 4.54. The van der Waals surface area contributed by atoms with E-state index in [-0.39, 0.29) is 0 Å².